The summed E-state index contributed by atoms with van der Waals surface area (Å²) in [6, 6.07) is 6.41. The van der Waals surface area contributed by atoms with Crippen LogP contribution in [0, 0.1) is 5.92 Å². The van der Waals surface area contributed by atoms with Crippen LogP contribution in [0.2, 0.25) is 0 Å². The van der Waals surface area contributed by atoms with Gasteiger partial charge in [0.1, 0.15) is 6.10 Å². The zero-order valence-corrected chi connectivity index (χ0v) is 19.0. The van der Waals surface area contributed by atoms with Crippen molar-refractivity contribution in [2.75, 3.05) is 29.6 Å². The van der Waals surface area contributed by atoms with Gasteiger partial charge in [-0.2, -0.15) is 5.10 Å². The lowest BCUT2D eigenvalue weighted by molar-refractivity contribution is -0.120. The van der Waals surface area contributed by atoms with E-state index < -0.39 is 0 Å². The van der Waals surface area contributed by atoms with Gasteiger partial charge in [0.15, 0.2) is 0 Å². The smallest absolute Gasteiger partial charge is 0.414 e. The van der Waals surface area contributed by atoms with E-state index in [9.17, 15) is 9.59 Å². The molecule has 174 valence electrons. The fourth-order valence-corrected chi connectivity index (χ4v) is 4.87. The van der Waals surface area contributed by atoms with Gasteiger partial charge in [-0.15, -0.1) is 0 Å². The van der Waals surface area contributed by atoms with Crippen molar-refractivity contribution in [2.45, 2.75) is 63.6 Å². The molecule has 2 amide bonds. The molecule has 2 aromatic rings. The Labute approximate surface area is 193 Å². The molecule has 1 aromatic carbocycles. The molecule has 33 heavy (non-hydrogen) atoms. The first-order valence-electron chi connectivity index (χ1n) is 12.2. The first-order valence-corrected chi connectivity index (χ1v) is 12.2. The molecule has 1 atom stereocenters. The van der Waals surface area contributed by atoms with Crippen LogP contribution in [0.5, 0.6) is 0 Å². The molecule has 3 fully saturated rings. The van der Waals surface area contributed by atoms with E-state index in [1.165, 1.54) is 12.8 Å². The van der Waals surface area contributed by atoms with Gasteiger partial charge in [0, 0.05) is 37.1 Å². The van der Waals surface area contributed by atoms with Crippen molar-refractivity contribution in [1.82, 2.24) is 9.78 Å². The van der Waals surface area contributed by atoms with Crippen LogP contribution in [-0.4, -0.2) is 53.7 Å². The van der Waals surface area contributed by atoms with E-state index in [2.05, 4.69) is 11.3 Å². The summed E-state index contributed by atoms with van der Waals surface area (Å²) in [5.41, 5.74) is 3.52. The fraction of sp³-hybridized carbons (Fsp3) is 0.560. The van der Waals surface area contributed by atoms with Crippen LogP contribution < -0.4 is 9.80 Å². The third kappa shape index (κ3) is 4.01. The molecule has 0 N–H and O–H groups in total. The Kier molecular flexibility index (Phi) is 5.13. The molecule has 0 spiro atoms. The van der Waals surface area contributed by atoms with Crippen molar-refractivity contribution in [3.63, 3.8) is 0 Å². The standard InChI is InChI=1S/C25H30N4O4/c1-16-14-27(25(31)33-21-8-10-32-11-9-21)23-12-18(19-13-26-28(15-19)20-5-6-20)4-7-22(23)29(16)24(30)17-2-3-17/h4,7,12-13,15-17,20-21H,2-3,5-6,8-11,14H2,1H3. The number of nitrogens with zero attached hydrogens (tertiary/aromatic N) is 4. The zero-order valence-electron chi connectivity index (χ0n) is 19.0. The number of rotatable bonds is 4. The number of hydrogen-bond acceptors (Lipinski definition) is 5. The molecule has 4 aliphatic rings. The lowest BCUT2D eigenvalue weighted by Crippen LogP contribution is -2.53. The third-order valence-electron chi connectivity index (χ3n) is 7.09. The van der Waals surface area contributed by atoms with Gasteiger partial charge < -0.3 is 14.4 Å². The largest absolute Gasteiger partial charge is 0.446 e. The Morgan fingerprint density at radius 3 is 2.55 bits per heavy atom. The molecule has 0 radical (unpaired) electrons. The Hall–Kier alpha value is -2.87. The first-order chi connectivity index (χ1) is 16.1. The third-order valence-corrected chi connectivity index (χ3v) is 7.09. The normalized spacial score (nSPS) is 23.4. The van der Waals surface area contributed by atoms with Gasteiger partial charge in [-0.1, -0.05) is 6.07 Å². The molecular weight excluding hydrogens is 420 g/mol. The minimum absolute atomic E-state index is 0.109. The highest BCUT2D eigenvalue weighted by molar-refractivity contribution is 6.05. The van der Waals surface area contributed by atoms with Gasteiger partial charge in [0.25, 0.3) is 0 Å². The van der Waals surface area contributed by atoms with Crippen LogP contribution >= 0.6 is 0 Å². The summed E-state index contributed by atoms with van der Waals surface area (Å²) >= 11 is 0. The summed E-state index contributed by atoms with van der Waals surface area (Å²) in [6.45, 7) is 3.65. The summed E-state index contributed by atoms with van der Waals surface area (Å²) in [5.74, 6) is 0.271. The van der Waals surface area contributed by atoms with Crippen LogP contribution in [0.3, 0.4) is 0 Å². The molecule has 3 heterocycles. The highest BCUT2D eigenvalue weighted by Gasteiger charge is 2.41. The number of hydrogen-bond donors (Lipinski definition) is 0. The Morgan fingerprint density at radius 1 is 1.03 bits per heavy atom. The molecule has 8 heteroatoms. The number of benzene rings is 1. The summed E-state index contributed by atoms with van der Waals surface area (Å²) in [7, 11) is 0. The van der Waals surface area contributed by atoms with E-state index in [1.54, 1.807) is 4.90 Å². The average Bonchev–Trinajstić information content (AvgIpc) is 3.77. The van der Waals surface area contributed by atoms with Crippen LogP contribution in [-0.2, 0) is 14.3 Å². The van der Waals surface area contributed by atoms with Gasteiger partial charge >= 0.3 is 6.09 Å². The predicted octanol–water partition coefficient (Wildman–Crippen LogP) is 4.15. The summed E-state index contributed by atoms with van der Waals surface area (Å²) in [6.07, 6.45) is 9.15. The van der Waals surface area contributed by atoms with Gasteiger partial charge in [-0.05, 0) is 50.3 Å². The topological polar surface area (TPSA) is 76.9 Å². The van der Waals surface area contributed by atoms with E-state index in [0.717, 1.165) is 35.3 Å². The zero-order chi connectivity index (χ0) is 22.5. The van der Waals surface area contributed by atoms with Crippen LogP contribution in [0.1, 0.15) is 51.5 Å². The number of fused-ring (bicyclic) bond motifs is 1. The molecule has 2 aliphatic heterocycles. The Bertz CT molecular complexity index is 1070. The van der Waals surface area contributed by atoms with E-state index in [0.29, 0.717) is 38.6 Å². The second-order valence-corrected chi connectivity index (χ2v) is 9.78. The molecule has 2 aliphatic carbocycles. The maximum atomic E-state index is 13.3. The van der Waals surface area contributed by atoms with Gasteiger partial charge in [0.2, 0.25) is 5.91 Å². The molecule has 8 nitrogen and oxygen atoms in total. The average molecular weight is 451 g/mol. The van der Waals surface area contributed by atoms with Crippen molar-refractivity contribution in [3.05, 3.63) is 30.6 Å². The van der Waals surface area contributed by atoms with E-state index in [-0.39, 0.29) is 30.1 Å². The summed E-state index contributed by atoms with van der Waals surface area (Å²) < 4.78 is 13.3. The molecule has 1 saturated heterocycles. The van der Waals surface area contributed by atoms with Crippen molar-refractivity contribution >= 4 is 23.4 Å². The minimum Gasteiger partial charge on any atom is -0.446 e. The highest BCUT2D eigenvalue weighted by atomic mass is 16.6. The fourth-order valence-electron chi connectivity index (χ4n) is 4.87. The Balaban J connectivity index is 1.34. The molecule has 1 unspecified atom stereocenters. The monoisotopic (exact) mass is 450 g/mol. The Morgan fingerprint density at radius 2 is 1.82 bits per heavy atom. The SMILES string of the molecule is CC1CN(C(=O)OC2CCOCC2)c2cc(-c3cnn(C4CC4)c3)ccc2N1C(=O)C1CC1. The number of carbonyl (C=O) groups is 2. The van der Waals surface area contributed by atoms with E-state index >= 15 is 0 Å². The molecule has 1 aromatic heterocycles. The number of aromatic nitrogens is 2. The molecule has 0 bridgehead atoms. The van der Waals surface area contributed by atoms with Crippen LogP contribution in [0.25, 0.3) is 11.1 Å². The maximum Gasteiger partial charge on any atom is 0.414 e. The lowest BCUT2D eigenvalue weighted by Gasteiger charge is -2.41. The van der Waals surface area contributed by atoms with Crippen LogP contribution in [0.4, 0.5) is 16.2 Å². The lowest BCUT2D eigenvalue weighted by atomic mass is 10.0. The van der Waals surface area contributed by atoms with Gasteiger partial charge in [-0.3, -0.25) is 14.4 Å². The van der Waals surface area contributed by atoms with Crippen molar-refractivity contribution in [1.29, 1.82) is 0 Å². The second kappa shape index (κ2) is 8.17. The number of ether oxygens (including phenoxy) is 2. The number of carbonyl (C=O) groups excluding carboxylic acids is 2. The summed E-state index contributed by atoms with van der Waals surface area (Å²) in [4.78, 5) is 30.0. The highest BCUT2D eigenvalue weighted by Crippen LogP contribution is 2.43. The van der Waals surface area contributed by atoms with Gasteiger partial charge in [-0.25, -0.2) is 4.79 Å². The molecular formula is C25H30N4O4. The number of anilines is 2. The quantitative estimate of drug-likeness (QED) is 0.699. The number of amides is 2. The van der Waals surface area contributed by atoms with Crippen molar-refractivity contribution in [3.8, 4) is 11.1 Å². The van der Waals surface area contributed by atoms with Crippen molar-refractivity contribution in [2.24, 2.45) is 5.92 Å². The second-order valence-electron chi connectivity index (χ2n) is 9.78. The minimum atomic E-state index is -0.348. The van der Waals surface area contributed by atoms with Gasteiger partial charge in [0.05, 0.1) is 42.9 Å². The molecule has 2 saturated carbocycles. The van der Waals surface area contributed by atoms with Crippen molar-refractivity contribution < 1.29 is 19.1 Å². The van der Waals surface area contributed by atoms with E-state index in [1.807, 2.05) is 40.9 Å². The van der Waals surface area contributed by atoms with E-state index in [4.69, 9.17) is 9.47 Å². The predicted molar refractivity (Wildman–Crippen MR) is 123 cm³/mol. The molecule has 6 rings (SSSR count). The first kappa shape index (κ1) is 20.7. The maximum absolute atomic E-state index is 13.3. The van der Waals surface area contributed by atoms with Crippen LogP contribution in [0.15, 0.2) is 30.6 Å². The summed E-state index contributed by atoms with van der Waals surface area (Å²) in [5, 5.41) is 4.52.